The van der Waals surface area contributed by atoms with E-state index in [9.17, 15) is 4.79 Å². The van der Waals surface area contributed by atoms with Crippen LogP contribution in [0.4, 0.5) is 0 Å². The lowest BCUT2D eigenvalue weighted by Crippen LogP contribution is -2.41. The maximum atomic E-state index is 12.5. The van der Waals surface area contributed by atoms with Crippen LogP contribution in [0.3, 0.4) is 0 Å². The second-order valence-corrected chi connectivity index (χ2v) is 5.12. The summed E-state index contributed by atoms with van der Waals surface area (Å²) in [5.74, 6) is 0.0162. The number of hydrogen-bond acceptors (Lipinski definition) is 3. The van der Waals surface area contributed by atoms with E-state index in [1.54, 1.807) is 7.05 Å². The molecule has 1 aromatic rings. The molecule has 1 saturated carbocycles. The molecule has 1 fully saturated rings. The molecule has 5 heteroatoms. The SMILES string of the molecule is Cn1ncc(Cl)c1C(=O)C1(C)CCCC1N. The third-order valence-electron chi connectivity index (χ3n) is 3.66. The third kappa shape index (κ3) is 1.57. The van der Waals surface area contributed by atoms with Crippen molar-refractivity contribution in [1.29, 1.82) is 0 Å². The minimum Gasteiger partial charge on any atom is -0.327 e. The minimum absolute atomic E-state index is 0.0162. The molecule has 2 rings (SSSR count). The molecule has 0 saturated heterocycles. The number of aromatic nitrogens is 2. The lowest BCUT2D eigenvalue weighted by Gasteiger charge is -2.27. The van der Waals surface area contributed by atoms with Crippen LogP contribution in [-0.2, 0) is 7.05 Å². The van der Waals surface area contributed by atoms with Gasteiger partial charge >= 0.3 is 0 Å². The number of halogens is 1. The van der Waals surface area contributed by atoms with E-state index < -0.39 is 5.41 Å². The molecule has 0 amide bonds. The van der Waals surface area contributed by atoms with Gasteiger partial charge in [-0.15, -0.1) is 0 Å². The van der Waals surface area contributed by atoms with Crippen LogP contribution in [0.2, 0.25) is 5.02 Å². The number of aryl methyl sites for hydroxylation is 1. The molecule has 2 atom stereocenters. The summed E-state index contributed by atoms with van der Waals surface area (Å²) in [6, 6.07) is -0.0778. The number of Topliss-reactive ketones (excluding diaryl/α,β-unsaturated/α-hetero) is 1. The predicted molar refractivity (Wildman–Crippen MR) is 62.5 cm³/mol. The normalized spacial score (nSPS) is 29.6. The van der Waals surface area contributed by atoms with E-state index in [0.717, 1.165) is 19.3 Å². The Morgan fingerprint density at radius 1 is 1.75 bits per heavy atom. The van der Waals surface area contributed by atoms with E-state index in [-0.39, 0.29) is 11.8 Å². The lowest BCUT2D eigenvalue weighted by atomic mass is 9.79. The van der Waals surface area contributed by atoms with Gasteiger partial charge in [0.25, 0.3) is 0 Å². The highest BCUT2D eigenvalue weighted by molar-refractivity contribution is 6.33. The molecule has 2 N–H and O–H groups in total. The van der Waals surface area contributed by atoms with Crippen molar-refractivity contribution >= 4 is 17.4 Å². The number of carbonyl (C=O) groups excluding carboxylic acids is 1. The minimum atomic E-state index is -0.489. The van der Waals surface area contributed by atoms with Crippen LogP contribution in [0.1, 0.15) is 36.7 Å². The van der Waals surface area contributed by atoms with Crippen molar-refractivity contribution in [1.82, 2.24) is 9.78 Å². The van der Waals surface area contributed by atoms with Crippen LogP contribution in [0.5, 0.6) is 0 Å². The molecule has 16 heavy (non-hydrogen) atoms. The molecule has 4 nitrogen and oxygen atoms in total. The summed E-state index contributed by atoms with van der Waals surface area (Å²) in [4.78, 5) is 12.5. The van der Waals surface area contributed by atoms with Crippen molar-refractivity contribution in [3.8, 4) is 0 Å². The number of rotatable bonds is 2. The number of nitrogens with zero attached hydrogens (tertiary/aromatic N) is 2. The first-order chi connectivity index (χ1) is 7.47. The first-order valence-electron chi connectivity index (χ1n) is 5.44. The Kier molecular flexibility index (Phi) is 2.80. The molecule has 1 aliphatic carbocycles. The van der Waals surface area contributed by atoms with E-state index >= 15 is 0 Å². The maximum absolute atomic E-state index is 12.5. The molecule has 0 bridgehead atoms. The van der Waals surface area contributed by atoms with E-state index in [4.69, 9.17) is 17.3 Å². The summed E-state index contributed by atoms with van der Waals surface area (Å²) in [7, 11) is 1.73. The summed E-state index contributed by atoms with van der Waals surface area (Å²) < 4.78 is 1.53. The largest absolute Gasteiger partial charge is 0.327 e. The Morgan fingerprint density at radius 3 is 2.88 bits per heavy atom. The Balaban J connectivity index is 2.39. The highest BCUT2D eigenvalue weighted by Gasteiger charge is 2.44. The smallest absolute Gasteiger partial charge is 0.189 e. The number of ketones is 1. The van der Waals surface area contributed by atoms with Crippen molar-refractivity contribution in [2.24, 2.45) is 18.2 Å². The van der Waals surface area contributed by atoms with Gasteiger partial charge in [0.05, 0.1) is 11.2 Å². The quantitative estimate of drug-likeness (QED) is 0.803. The van der Waals surface area contributed by atoms with Crippen molar-refractivity contribution in [3.05, 3.63) is 16.9 Å². The summed E-state index contributed by atoms with van der Waals surface area (Å²) in [6.45, 7) is 1.93. The lowest BCUT2D eigenvalue weighted by molar-refractivity contribution is 0.0792. The number of hydrogen-bond donors (Lipinski definition) is 1. The summed E-state index contributed by atoms with van der Waals surface area (Å²) in [6.07, 6.45) is 4.23. The zero-order chi connectivity index (χ0) is 11.9. The van der Waals surface area contributed by atoms with Gasteiger partial charge in [-0.2, -0.15) is 5.10 Å². The zero-order valence-electron chi connectivity index (χ0n) is 9.53. The van der Waals surface area contributed by atoms with Crippen LogP contribution < -0.4 is 5.73 Å². The summed E-state index contributed by atoms with van der Waals surface area (Å²) in [5.41, 5.74) is 6.01. The van der Waals surface area contributed by atoms with E-state index in [0.29, 0.717) is 10.7 Å². The van der Waals surface area contributed by atoms with Crippen LogP contribution in [0.15, 0.2) is 6.20 Å². The number of nitrogens with two attached hydrogens (primary N) is 1. The van der Waals surface area contributed by atoms with Crippen LogP contribution >= 0.6 is 11.6 Å². The van der Waals surface area contributed by atoms with Gasteiger partial charge in [0.2, 0.25) is 0 Å². The van der Waals surface area contributed by atoms with Gasteiger partial charge < -0.3 is 5.73 Å². The average molecular weight is 242 g/mol. The molecule has 1 aromatic heterocycles. The van der Waals surface area contributed by atoms with Crippen molar-refractivity contribution in [3.63, 3.8) is 0 Å². The Bertz CT molecular complexity index is 409. The van der Waals surface area contributed by atoms with Crippen molar-refractivity contribution in [2.75, 3.05) is 0 Å². The first-order valence-corrected chi connectivity index (χ1v) is 5.82. The van der Waals surface area contributed by atoms with Gasteiger partial charge in [0.15, 0.2) is 5.78 Å². The molecular weight excluding hydrogens is 226 g/mol. The molecule has 88 valence electrons. The highest BCUT2D eigenvalue weighted by Crippen LogP contribution is 2.40. The summed E-state index contributed by atoms with van der Waals surface area (Å²) in [5, 5.41) is 4.40. The van der Waals surface area contributed by atoms with Crippen molar-refractivity contribution < 1.29 is 4.79 Å². The second kappa shape index (κ2) is 3.86. The Labute approximate surface area is 99.8 Å². The second-order valence-electron chi connectivity index (χ2n) is 4.71. The Morgan fingerprint density at radius 2 is 2.44 bits per heavy atom. The predicted octanol–water partition coefficient (Wildman–Crippen LogP) is 1.77. The topological polar surface area (TPSA) is 60.9 Å². The zero-order valence-corrected chi connectivity index (χ0v) is 10.3. The van der Waals surface area contributed by atoms with E-state index in [1.807, 2.05) is 6.92 Å². The van der Waals surface area contributed by atoms with Gasteiger partial charge in [-0.25, -0.2) is 0 Å². The average Bonchev–Trinajstić information content (AvgIpc) is 2.73. The first kappa shape index (κ1) is 11.6. The van der Waals surface area contributed by atoms with Crippen LogP contribution in [0.25, 0.3) is 0 Å². The molecule has 0 aromatic carbocycles. The van der Waals surface area contributed by atoms with Gasteiger partial charge in [-0.3, -0.25) is 9.48 Å². The molecular formula is C11H16ClN3O. The summed E-state index contributed by atoms with van der Waals surface area (Å²) >= 11 is 5.98. The fourth-order valence-corrected chi connectivity index (χ4v) is 2.66. The molecule has 1 aliphatic rings. The van der Waals surface area contributed by atoms with Gasteiger partial charge in [-0.1, -0.05) is 24.9 Å². The van der Waals surface area contributed by atoms with Gasteiger partial charge in [-0.05, 0) is 12.8 Å². The molecule has 0 radical (unpaired) electrons. The molecule has 0 spiro atoms. The molecule has 1 heterocycles. The van der Waals surface area contributed by atoms with Crippen LogP contribution in [0, 0.1) is 5.41 Å². The van der Waals surface area contributed by atoms with E-state index in [1.165, 1.54) is 10.9 Å². The van der Waals surface area contributed by atoms with E-state index in [2.05, 4.69) is 5.10 Å². The third-order valence-corrected chi connectivity index (χ3v) is 3.93. The van der Waals surface area contributed by atoms with Crippen LogP contribution in [-0.4, -0.2) is 21.6 Å². The van der Waals surface area contributed by atoms with Gasteiger partial charge in [0.1, 0.15) is 5.69 Å². The fraction of sp³-hybridized carbons (Fsp3) is 0.636. The molecule has 0 aliphatic heterocycles. The fourth-order valence-electron chi connectivity index (χ4n) is 2.41. The maximum Gasteiger partial charge on any atom is 0.189 e. The van der Waals surface area contributed by atoms with Crippen molar-refractivity contribution in [2.45, 2.75) is 32.2 Å². The van der Waals surface area contributed by atoms with Gasteiger partial charge in [0, 0.05) is 18.5 Å². The Hall–Kier alpha value is -0.870. The molecule has 2 unspecified atom stereocenters. The number of carbonyl (C=O) groups is 1. The standard InChI is InChI=1S/C11H16ClN3O/c1-11(5-3-4-8(11)13)10(16)9-7(12)6-14-15(9)2/h6,8H,3-5,13H2,1-2H3. The monoisotopic (exact) mass is 241 g/mol. The highest BCUT2D eigenvalue weighted by atomic mass is 35.5.